The Morgan fingerprint density at radius 1 is 0.926 bits per heavy atom. The van der Waals surface area contributed by atoms with Crippen molar-refractivity contribution in [3.8, 4) is 5.75 Å². The molecule has 0 spiro atoms. The molecular weight excluding hydrogens is 358 g/mol. The average molecular weight is 379 g/mol. The maximum absolute atomic E-state index is 12.5. The molecule has 3 rings (SSSR count). The van der Waals surface area contributed by atoms with Gasteiger partial charge in [-0.05, 0) is 49.2 Å². The number of aliphatic imine (C=N–C) groups is 1. The summed E-state index contributed by atoms with van der Waals surface area (Å²) < 4.78 is 30.2. The van der Waals surface area contributed by atoms with Crippen LogP contribution in [0.25, 0.3) is 0 Å². The third-order valence-electron chi connectivity index (χ3n) is 4.10. The van der Waals surface area contributed by atoms with Gasteiger partial charge in [0.1, 0.15) is 10.6 Å². The summed E-state index contributed by atoms with van der Waals surface area (Å²) in [5.74, 6) is 0.273. The van der Waals surface area contributed by atoms with Crippen LogP contribution in [0.15, 0.2) is 88.8 Å². The van der Waals surface area contributed by atoms with E-state index in [0.717, 1.165) is 16.7 Å². The van der Waals surface area contributed by atoms with Crippen LogP contribution in [0.3, 0.4) is 0 Å². The molecule has 1 atom stereocenters. The van der Waals surface area contributed by atoms with Crippen LogP contribution in [0.2, 0.25) is 0 Å². The van der Waals surface area contributed by atoms with E-state index in [1.165, 1.54) is 0 Å². The largest absolute Gasteiger partial charge is 0.379 e. The van der Waals surface area contributed by atoms with Crippen LogP contribution in [0, 0.1) is 6.92 Å². The van der Waals surface area contributed by atoms with Crippen molar-refractivity contribution < 1.29 is 12.6 Å². The monoisotopic (exact) mass is 379 g/mol. The summed E-state index contributed by atoms with van der Waals surface area (Å²) >= 11 is 0. The zero-order valence-corrected chi connectivity index (χ0v) is 16.1. The molecule has 0 saturated carbocycles. The van der Waals surface area contributed by atoms with Crippen LogP contribution < -0.4 is 4.18 Å². The molecule has 0 fully saturated rings. The van der Waals surface area contributed by atoms with Gasteiger partial charge < -0.3 is 4.18 Å². The normalized spacial score (nSPS) is 12.8. The number of aryl methyl sites for hydroxylation is 1. The predicted molar refractivity (Wildman–Crippen MR) is 108 cm³/mol. The summed E-state index contributed by atoms with van der Waals surface area (Å²) in [5, 5.41) is 0. The van der Waals surface area contributed by atoms with Crippen molar-refractivity contribution in [2.45, 2.75) is 24.8 Å². The van der Waals surface area contributed by atoms with Crippen LogP contribution in [0.1, 0.15) is 29.7 Å². The highest BCUT2D eigenvalue weighted by Gasteiger charge is 2.17. The molecule has 138 valence electrons. The van der Waals surface area contributed by atoms with E-state index in [9.17, 15) is 8.42 Å². The Bertz CT molecular complexity index is 1030. The Labute approximate surface area is 160 Å². The summed E-state index contributed by atoms with van der Waals surface area (Å²) in [5.41, 5.74) is 2.87. The molecule has 4 nitrogen and oxygen atoms in total. The molecule has 0 N–H and O–H groups in total. The fourth-order valence-electron chi connectivity index (χ4n) is 2.53. The summed E-state index contributed by atoms with van der Waals surface area (Å²) in [7, 11) is -3.87. The van der Waals surface area contributed by atoms with Crippen LogP contribution in [0.5, 0.6) is 5.75 Å². The molecule has 0 saturated heterocycles. The van der Waals surface area contributed by atoms with Gasteiger partial charge in [0.25, 0.3) is 0 Å². The smallest absolute Gasteiger partial charge is 0.339 e. The lowest BCUT2D eigenvalue weighted by Crippen LogP contribution is -2.10. The van der Waals surface area contributed by atoms with E-state index in [-0.39, 0.29) is 16.7 Å². The van der Waals surface area contributed by atoms with Gasteiger partial charge in [-0.15, -0.1) is 0 Å². The molecule has 0 aliphatic rings. The van der Waals surface area contributed by atoms with Gasteiger partial charge in [0, 0.05) is 6.21 Å². The van der Waals surface area contributed by atoms with Crippen molar-refractivity contribution in [1.29, 1.82) is 0 Å². The number of benzene rings is 3. The van der Waals surface area contributed by atoms with Crippen molar-refractivity contribution in [2.75, 3.05) is 0 Å². The van der Waals surface area contributed by atoms with Crippen LogP contribution in [-0.2, 0) is 10.1 Å². The number of nitrogens with zero attached hydrogens (tertiary/aromatic N) is 1. The average Bonchev–Trinajstić information content (AvgIpc) is 2.67. The highest BCUT2D eigenvalue weighted by atomic mass is 32.2. The van der Waals surface area contributed by atoms with Gasteiger partial charge >= 0.3 is 10.1 Å². The fourth-order valence-corrected chi connectivity index (χ4v) is 3.45. The van der Waals surface area contributed by atoms with Crippen molar-refractivity contribution in [1.82, 2.24) is 0 Å². The molecule has 27 heavy (non-hydrogen) atoms. The van der Waals surface area contributed by atoms with Crippen molar-refractivity contribution in [2.24, 2.45) is 4.99 Å². The van der Waals surface area contributed by atoms with Gasteiger partial charge in [-0.1, -0.05) is 60.2 Å². The third kappa shape index (κ3) is 5.05. The fraction of sp³-hybridized carbons (Fsp3) is 0.136. The van der Waals surface area contributed by atoms with Crippen molar-refractivity contribution >= 4 is 16.3 Å². The van der Waals surface area contributed by atoms with E-state index in [1.54, 1.807) is 48.7 Å². The lowest BCUT2D eigenvalue weighted by molar-refractivity contribution is 0.485. The first-order chi connectivity index (χ1) is 12.9. The van der Waals surface area contributed by atoms with Gasteiger partial charge in [0.15, 0.2) is 0 Å². The Balaban J connectivity index is 1.77. The number of rotatable bonds is 6. The van der Waals surface area contributed by atoms with Crippen LogP contribution >= 0.6 is 0 Å². The second-order valence-electron chi connectivity index (χ2n) is 6.29. The molecule has 3 aromatic rings. The zero-order valence-electron chi connectivity index (χ0n) is 15.2. The Hall–Kier alpha value is -2.92. The van der Waals surface area contributed by atoms with Gasteiger partial charge in [-0.2, -0.15) is 8.42 Å². The second kappa shape index (κ2) is 8.18. The minimum atomic E-state index is -3.87. The molecular formula is C22H21NO3S. The van der Waals surface area contributed by atoms with Gasteiger partial charge in [0.05, 0.1) is 6.04 Å². The second-order valence-corrected chi connectivity index (χ2v) is 7.83. The Morgan fingerprint density at radius 3 is 2.33 bits per heavy atom. The lowest BCUT2D eigenvalue weighted by Gasteiger charge is -2.11. The summed E-state index contributed by atoms with van der Waals surface area (Å²) in [4.78, 5) is 4.67. The highest BCUT2D eigenvalue weighted by molar-refractivity contribution is 7.87. The molecule has 0 amide bonds. The zero-order chi connectivity index (χ0) is 19.3. The standard InChI is InChI=1S/C22H21NO3S/c1-17-11-13-22(14-12-17)27(24,25)26-21-10-6-9-20(15-21)18(2)23-16-19-7-4-3-5-8-19/h3-16,18H,1-2H3/t18-/m0/s1. The Kier molecular flexibility index (Phi) is 5.72. The number of hydrogen-bond donors (Lipinski definition) is 0. The molecule has 0 heterocycles. The van der Waals surface area contributed by atoms with Gasteiger partial charge in [0.2, 0.25) is 0 Å². The summed E-state index contributed by atoms with van der Waals surface area (Å²) in [6, 6.07) is 23.3. The first-order valence-electron chi connectivity index (χ1n) is 8.63. The maximum Gasteiger partial charge on any atom is 0.339 e. The van der Waals surface area contributed by atoms with Crippen molar-refractivity contribution in [3.05, 3.63) is 95.6 Å². The molecule has 0 bridgehead atoms. The van der Waals surface area contributed by atoms with E-state index in [2.05, 4.69) is 4.99 Å². The van der Waals surface area contributed by atoms with Crippen LogP contribution in [-0.4, -0.2) is 14.6 Å². The molecule has 0 aromatic heterocycles. The van der Waals surface area contributed by atoms with Gasteiger partial charge in [-0.3, -0.25) is 4.99 Å². The van der Waals surface area contributed by atoms with E-state index in [0.29, 0.717) is 0 Å². The minimum Gasteiger partial charge on any atom is -0.379 e. The minimum absolute atomic E-state index is 0.129. The summed E-state index contributed by atoms with van der Waals surface area (Å²) in [6.45, 7) is 3.85. The van der Waals surface area contributed by atoms with E-state index in [1.807, 2.05) is 50.2 Å². The van der Waals surface area contributed by atoms with Gasteiger partial charge in [-0.25, -0.2) is 0 Å². The quantitative estimate of drug-likeness (QED) is 0.450. The molecule has 0 radical (unpaired) electrons. The maximum atomic E-state index is 12.5. The third-order valence-corrected chi connectivity index (χ3v) is 5.36. The highest BCUT2D eigenvalue weighted by Crippen LogP contribution is 2.24. The predicted octanol–water partition coefficient (Wildman–Crippen LogP) is 4.94. The number of hydrogen-bond acceptors (Lipinski definition) is 4. The lowest BCUT2D eigenvalue weighted by atomic mass is 10.1. The first-order valence-corrected chi connectivity index (χ1v) is 10.0. The SMILES string of the molecule is Cc1ccc(S(=O)(=O)Oc2cccc([C@H](C)N=Cc3ccccc3)c2)cc1. The van der Waals surface area contributed by atoms with E-state index >= 15 is 0 Å². The van der Waals surface area contributed by atoms with Crippen LogP contribution in [0.4, 0.5) is 0 Å². The topological polar surface area (TPSA) is 55.7 Å². The molecule has 0 aliphatic heterocycles. The van der Waals surface area contributed by atoms with E-state index in [4.69, 9.17) is 4.18 Å². The molecule has 0 aliphatic carbocycles. The first kappa shape index (κ1) is 18.9. The molecule has 0 unspecified atom stereocenters. The Morgan fingerprint density at radius 2 is 1.63 bits per heavy atom. The van der Waals surface area contributed by atoms with E-state index < -0.39 is 10.1 Å². The summed E-state index contributed by atoms with van der Waals surface area (Å²) in [6.07, 6.45) is 1.81. The molecule has 3 aromatic carbocycles. The molecule has 5 heteroatoms. The van der Waals surface area contributed by atoms with Crippen molar-refractivity contribution in [3.63, 3.8) is 0 Å².